The highest BCUT2D eigenvalue weighted by Crippen LogP contribution is 2.44. The fourth-order valence-electron chi connectivity index (χ4n) is 5.05. The Balaban J connectivity index is 1.36. The van der Waals surface area contributed by atoms with Crippen LogP contribution in [0.1, 0.15) is 44.2 Å². The van der Waals surface area contributed by atoms with Crippen LogP contribution < -0.4 is 5.32 Å². The molecule has 4 rings (SSSR count). The molecule has 0 spiro atoms. The number of hydrogen-bond donors (Lipinski definition) is 2. The van der Waals surface area contributed by atoms with Crippen LogP contribution in [0.3, 0.4) is 0 Å². The molecule has 0 unspecified atom stereocenters. The lowest BCUT2D eigenvalue weighted by molar-refractivity contribution is -0.142. The molecule has 0 aromatic heterocycles. The first kappa shape index (κ1) is 23.8. The minimum Gasteiger partial charge on any atom is -0.481 e. The molecule has 180 valence electrons. The molecule has 3 atom stereocenters. The normalized spacial score (nSPS) is 20.1. The fraction of sp³-hybridized carbons (Fsp3) is 0.444. The van der Waals surface area contributed by atoms with Gasteiger partial charge >= 0.3 is 12.1 Å². The van der Waals surface area contributed by atoms with Crippen molar-refractivity contribution in [2.75, 3.05) is 19.7 Å². The molecule has 2 N–H and O–H groups in total. The van der Waals surface area contributed by atoms with Crippen molar-refractivity contribution in [3.05, 3.63) is 59.7 Å². The summed E-state index contributed by atoms with van der Waals surface area (Å²) in [5, 5.41) is 12.2. The number of hydrogen-bond acceptors (Lipinski definition) is 4. The molecule has 0 radical (unpaired) electrons. The molecule has 0 bridgehead atoms. The fourth-order valence-corrected chi connectivity index (χ4v) is 5.05. The van der Waals surface area contributed by atoms with Crippen molar-refractivity contribution in [3.8, 4) is 11.1 Å². The molecule has 1 fully saturated rings. The van der Waals surface area contributed by atoms with Crippen LogP contribution in [0.4, 0.5) is 4.79 Å². The van der Waals surface area contributed by atoms with Gasteiger partial charge < -0.3 is 20.1 Å². The van der Waals surface area contributed by atoms with E-state index in [2.05, 4.69) is 29.6 Å². The maximum atomic E-state index is 12.8. The highest BCUT2D eigenvalue weighted by molar-refractivity contribution is 5.81. The van der Waals surface area contributed by atoms with E-state index in [0.717, 1.165) is 22.3 Å². The van der Waals surface area contributed by atoms with E-state index in [4.69, 9.17) is 4.74 Å². The number of carbonyl (C=O) groups is 3. The van der Waals surface area contributed by atoms with Gasteiger partial charge in [-0.05, 0) is 34.1 Å². The number of benzene rings is 2. The summed E-state index contributed by atoms with van der Waals surface area (Å²) < 4.78 is 5.64. The number of nitrogens with one attached hydrogen (secondary N) is 1. The number of likely N-dealkylation sites (tertiary alicyclic amines) is 1. The SMILES string of the molecule is CC(C)[C@@H](CC(=O)N1C[C@@H](C)[C@H](C(=O)O)C1)NC(=O)OCC1c2ccccc2-c2ccccc21. The lowest BCUT2D eigenvalue weighted by Crippen LogP contribution is -2.43. The van der Waals surface area contributed by atoms with Gasteiger partial charge in [-0.1, -0.05) is 69.3 Å². The summed E-state index contributed by atoms with van der Waals surface area (Å²) in [5.74, 6) is -1.67. The Labute approximate surface area is 200 Å². The first-order chi connectivity index (χ1) is 16.3. The predicted molar refractivity (Wildman–Crippen MR) is 128 cm³/mol. The Bertz CT molecular complexity index is 1040. The van der Waals surface area contributed by atoms with Crippen molar-refractivity contribution in [1.82, 2.24) is 10.2 Å². The number of rotatable bonds is 7. The quantitative estimate of drug-likeness (QED) is 0.643. The number of aliphatic carboxylic acids is 1. The van der Waals surface area contributed by atoms with E-state index in [0.29, 0.717) is 6.54 Å². The van der Waals surface area contributed by atoms with Crippen LogP contribution in [0.15, 0.2) is 48.5 Å². The second-order valence-corrected chi connectivity index (χ2v) is 9.75. The van der Waals surface area contributed by atoms with Crippen LogP contribution in [0.25, 0.3) is 11.1 Å². The van der Waals surface area contributed by atoms with Crippen LogP contribution in [0.2, 0.25) is 0 Å². The van der Waals surface area contributed by atoms with E-state index >= 15 is 0 Å². The number of carboxylic acid groups (broad SMARTS) is 1. The summed E-state index contributed by atoms with van der Waals surface area (Å²) in [4.78, 5) is 38.5. The number of alkyl carbamates (subject to hydrolysis) is 1. The summed E-state index contributed by atoms with van der Waals surface area (Å²) in [6.07, 6.45) is -0.437. The summed E-state index contributed by atoms with van der Waals surface area (Å²) in [5.41, 5.74) is 4.61. The Morgan fingerprint density at radius 3 is 2.15 bits per heavy atom. The molecule has 1 heterocycles. The first-order valence-corrected chi connectivity index (χ1v) is 11.9. The minimum absolute atomic E-state index is 0.0136. The van der Waals surface area contributed by atoms with Crippen LogP contribution >= 0.6 is 0 Å². The Morgan fingerprint density at radius 2 is 1.62 bits per heavy atom. The predicted octanol–water partition coefficient (Wildman–Crippen LogP) is 4.12. The largest absolute Gasteiger partial charge is 0.481 e. The van der Waals surface area contributed by atoms with Crippen LogP contribution in [0.5, 0.6) is 0 Å². The molecule has 34 heavy (non-hydrogen) atoms. The van der Waals surface area contributed by atoms with Gasteiger partial charge in [0.25, 0.3) is 0 Å². The standard InChI is InChI=1S/C27H32N2O5/c1-16(2)24(12-25(30)29-13-17(3)22(14-29)26(31)32)28-27(33)34-15-23-20-10-6-4-8-18(20)19-9-5-7-11-21(19)23/h4-11,16-17,22-24H,12-15H2,1-3H3,(H,28,33)(H,31,32)/t17-,22-,24-/m1/s1. The van der Waals surface area contributed by atoms with Crippen molar-refractivity contribution in [3.63, 3.8) is 0 Å². The van der Waals surface area contributed by atoms with E-state index in [1.807, 2.05) is 45.0 Å². The van der Waals surface area contributed by atoms with E-state index in [1.165, 1.54) is 0 Å². The molecule has 2 aliphatic rings. The Kier molecular flexibility index (Phi) is 6.91. The maximum Gasteiger partial charge on any atom is 0.407 e. The van der Waals surface area contributed by atoms with Gasteiger partial charge in [-0.15, -0.1) is 0 Å². The van der Waals surface area contributed by atoms with Crippen molar-refractivity contribution in [1.29, 1.82) is 0 Å². The lowest BCUT2D eigenvalue weighted by atomic mass is 9.98. The molecule has 7 heteroatoms. The molecule has 1 saturated heterocycles. The van der Waals surface area contributed by atoms with Gasteiger partial charge in [0.05, 0.1) is 5.92 Å². The van der Waals surface area contributed by atoms with Gasteiger partial charge in [0.1, 0.15) is 6.61 Å². The Morgan fingerprint density at radius 1 is 1.03 bits per heavy atom. The third-order valence-electron chi connectivity index (χ3n) is 7.13. The van der Waals surface area contributed by atoms with Gasteiger partial charge in [0.2, 0.25) is 5.91 Å². The zero-order chi connectivity index (χ0) is 24.4. The maximum absolute atomic E-state index is 12.8. The van der Waals surface area contributed by atoms with Gasteiger partial charge in [-0.3, -0.25) is 9.59 Å². The zero-order valence-corrected chi connectivity index (χ0v) is 19.9. The second-order valence-electron chi connectivity index (χ2n) is 9.75. The lowest BCUT2D eigenvalue weighted by Gasteiger charge is -2.25. The van der Waals surface area contributed by atoms with Gasteiger partial charge in [-0.2, -0.15) is 0 Å². The molecular formula is C27H32N2O5. The van der Waals surface area contributed by atoms with Crippen LogP contribution in [0, 0.1) is 17.8 Å². The smallest absolute Gasteiger partial charge is 0.407 e. The highest BCUT2D eigenvalue weighted by atomic mass is 16.5. The molecule has 1 aliphatic carbocycles. The number of fused-ring (bicyclic) bond motifs is 3. The van der Waals surface area contributed by atoms with Crippen LogP contribution in [-0.2, 0) is 14.3 Å². The van der Waals surface area contributed by atoms with E-state index in [9.17, 15) is 19.5 Å². The van der Waals surface area contributed by atoms with Crippen molar-refractivity contribution >= 4 is 18.0 Å². The molecule has 2 amide bonds. The average Bonchev–Trinajstić information content (AvgIpc) is 3.35. The number of nitrogens with zero attached hydrogens (tertiary/aromatic N) is 1. The summed E-state index contributed by atoms with van der Waals surface area (Å²) in [6, 6.07) is 15.9. The topological polar surface area (TPSA) is 95.9 Å². The Hall–Kier alpha value is -3.35. The third-order valence-corrected chi connectivity index (χ3v) is 7.13. The van der Waals surface area contributed by atoms with Crippen molar-refractivity contribution in [2.45, 2.75) is 39.2 Å². The third kappa shape index (κ3) is 4.79. The highest BCUT2D eigenvalue weighted by Gasteiger charge is 2.38. The summed E-state index contributed by atoms with van der Waals surface area (Å²) in [7, 11) is 0. The molecule has 1 aliphatic heterocycles. The zero-order valence-electron chi connectivity index (χ0n) is 19.9. The van der Waals surface area contributed by atoms with Crippen molar-refractivity contribution in [2.24, 2.45) is 17.8 Å². The van der Waals surface area contributed by atoms with Gasteiger partial charge in [0.15, 0.2) is 0 Å². The van der Waals surface area contributed by atoms with Gasteiger partial charge in [0, 0.05) is 31.5 Å². The molecule has 2 aromatic carbocycles. The van der Waals surface area contributed by atoms with E-state index < -0.39 is 24.0 Å². The first-order valence-electron chi connectivity index (χ1n) is 11.9. The number of carbonyl (C=O) groups excluding carboxylic acids is 2. The average molecular weight is 465 g/mol. The number of ether oxygens (including phenoxy) is 1. The second kappa shape index (κ2) is 9.87. The molecular weight excluding hydrogens is 432 g/mol. The number of amides is 2. The minimum atomic E-state index is -0.875. The summed E-state index contributed by atoms with van der Waals surface area (Å²) >= 11 is 0. The van der Waals surface area contributed by atoms with Gasteiger partial charge in [-0.25, -0.2) is 4.79 Å². The van der Waals surface area contributed by atoms with Crippen molar-refractivity contribution < 1.29 is 24.2 Å². The van der Waals surface area contributed by atoms with E-state index in [-0.39, 0.29) is 43.2 Å². The molecule has 7 nitrogen and oxygen atoms in total. The monoisotopic (exact) mass is 464 g/mol. The summed E-state index contributed by atoms with van der Waals surface area (Å²) in [6.45, 7) is 6.57. The van der Waals surface area contributed by atoms with E-state index in [1.54, 1.807) is 4.90 Å². The molecule has 0 saturated carbocycles. The molecule has 2 aromatic rings. The van der Waals surface area contributed by atoms with Crippen LogP contribution in [-0.4, -0.2) is 53.7 Å². The number of carboxylic acids is 1.